The van der Waals surface area contributed by atoms with Gasteiger partial charge in [0.25, 0.3) is 0 Å². The molecule has 2 unspecified atom stereocenters. The molecule has 2 aliphatic heterocycles. The summed E-state index contributed by atoms with van der Waals surface area (Å²) in [7, 11) is 0. The first-order valence-corrected chi connectivity index (χ1v) is 5.89. The van der Waals surface area contributed by atoms with Gasteiger partial charge in [-0.1, -0.05) is 30.3 Å². The number of nitrogens with zero attached hydrogens (tertiary/aromatic N) is 1. The summed E-state index contributed by atoms with van der Waals surface area (Å²) in [5.41, 5.74) is 1.16. The summed E-state index contributed by atoms with van der Waals surface area (Å²) >= 11 is 0. The maximum atomic E-state index is 11.2. The maximum absolute atomic E-state index is 11.2. The predicted octanol–water partition coefficient (Wildman–Crippen LogP) is 1.16. The maximum Gasteiger partial charge on any atom is 0.229 e. The molecule has 1 amide bonds. The molecule has 4 heteroatoms. The molecule has 2 saturated heterocycles. The predicted molar refractivity (Wildman–Crippen MR) is 61.1 cm³/mol. The third-order valence-electron chi connectivity index (χ3n) is 3.18. The van der Waals surface area contributed by atoms with Crippen molar-refractivity contribution in [3.05, 3.63) is 35.9 Å². The van der Waals surface area contributed by atoms with Crippen LogP contribution in [0.2, 0.25) is 0 Å². The Kier molecular flexibility index (Phi) is 2.82. The lowest BCUT2D eigenvalue weighted by molar-refractivity contribution is -0.157. The fourth-order valence-corrected chi connectivity index (χ4v) is 2.22. The third-order valence-corrected chi connectivity index (χ3v) is 3.18. The van der Waals surface area contributed by atoms with Crippen molar-refractivity contribution in [3.63, 3.8) is 0 Å². The van der Waals surface area contributed by atoms with E-state index in [4.69, 9.17) is 9.47 Å². The molecule has 4 nitrogen and oxygen atoms in total. The van der Waals surface area contributed by atoms with Crippen molar-refractivity contribution < 1.29 is 14.3 Å². The average Bonchev–Trinajstić information content (AvgIpc) is 2.68. The first kappa shape index (κ1) is 10.7. The van der Waals surface area contributed by atoms with Crippen LogP contribution in [0.25, 0.3) is 0 Å². The molecule has 0 aromatic heterocycles. The summed E-state index contributed by atoms with van der Waals surface area (Å²) in [5, 5.41) is 0. The molecule has 0 aliphatic carbocycles. The molecule has 90 valence electrons. The highest BCUT2D eigenvalue weighted by Crippen LogP contribution is 2.28. The first-order valence-electron chi connectivity index (χ1n) is 5.89. The molecule has 0 bridgehead atoms. The van der Waals surface area contributed by atoms with Gasteiger partial charge in [-0.15, -0.1) is 0 Å². The van der Waals surface area contributed by atoms with Gasteiger partial charge in [0.15, 0.2) is 0 Å². The van der Waals surface area contributed by atoms with E-state index in [0.717, 1.165) is 5.56 Å². The Morgan fingerprint density at radius 3 is 2.88 bits per heavy atom. The highest BCUT2D eigenvalue weighted by Gasteiger charge is 2.45. The van der Waals surface area contributed by atoms with Crippen molar-refractivity contribution in [1.82, 2.24) is 4.90 Å². The van der Waals surface area contributed by atoms with Gasteiger partial charge in [0, 0.05) is 0 Å². The van der Waals surface area contributed by atoms with Crippen LogP contribution in [0.5, 0.6) is 0 Å². The van der Waals surface area contributed by atoms with Crippen molar-refractivity contribution in [3.8, 4) is 0 Å². The summed E-state index contributed by atoms with van der Waals surface area (Å²) in [6, 6.07) is 10.0. The second-order valence-corrected chi connectivity index (χ2v) is 4.46. The summed E-state index contributed by atoms with van der Waals surface area (Å²) < 4.78 is 11.2. The zero-order valence-corrected chi connectivity index (χ0v) is 9.54. The van der Waals surface area contributed by atoms with Crippen LogP contribution < -0.4 is 0 Å². The Labute approximate surface area is 100 Å². The van der Waals surface area contributed by atoms with Gasteiger partial charge in [-0.05, 0) is 5.56 Å². The van der Waals surface area contributed by atoms with E-state index >= 15 is 0 Å². The summed E-state index contributed by atoms with van der Waals surface area (Å²) in [6.07, 6.45) is 0.595. The number of rotatable bonds is 4. The molecule has 2 fully saturated rings. The fraction of sp³-hybridized carbons (Fsp3) is 0.462. The number of ether oxygens (including phenoxy) is 2. The molecule has 1 aromatic carbocycles. The minimum Gasteiger partial charge on any atom is -0.374 e. The largest absolute Gasteiger partial charge is 0.374 e. The molecule has 2 heterocycles. The van der Waals surface area contributed by atoms with E-state index in [-0.39, 0.29) is 18.2 Å². The number of hydrogen-bond donors (Lipinski definition) is 0. The standard InChI is InChI=1S/C13H15NO3/c15-12-6-13-14(12)7-11(17-13)9-16-8-10-4-2-1-3-5-10/h1-5,11,13H,6-9H2. The molecule has 1 aromatic rings. The lowest BCUT2D eigenvalue weighted by Crippen LogP contribution is -2.48. The number of amides is 1. The van der Waals surface area contributed by atoms with Crippen molar-refractivity contribution >= 4 is 5.91 Å². The highest BCUT2D eigenvalue weighted by molar-refractivity contribution is 5.82. The van der Waals surface area contributed by atoms with Crippen molar-refractivity contribution in [1.29, 1.82) is 0 Å². The van der Waals surface area contributed by atoms with Gasteiger partial charge < -0.3 is 14.4 Å². The quantitative estimate of drug-likeness (QED) is 0.732. The molecule has 2 atom stereocenters. The lowest BCUT2D eigenvalue weighted by Gasteiger charge is -2.31. The van der Waals surface area contributed by atoms with E-state index in [0.29, 0.717) is 26.2 Å². The smallest absolute Gasteiger partial charge is 0.229 e. The Balaban J connectivity index is 1.42. The molecular weight excluding hydrogens is 218 g/mol. The van der Waals surface area contributed by atoms with Crippen LogP contribution in [0.4, 0.5) is 0 Å². The van der Waals surface area contributed by atoms with E-state index in [9.17, 15) is 4.79 Å². The summed E-state index contributed by atoms with van der Waals surface area (Å²) in [5.74, 6) is 0.195. The molecule has 3 rings (SSSR count). The normalized spacial score (nSPS) is 26.8. The number of fused-ring (bicyclic) bond motifs is 1. The van der Waals surface area contributed by atoms with Crippen molar-refractivity contribution in [2.24, 2.45) is 0 Å². The molecular formula is C13H15NO3. The zero-order chi connectivity index (χ0) is 11.7. The number of β-lactam (4-membered cyclic amide) rings is 1. The average molecular weight is 233 g/mol. The Bertz CT molecular complexity index is 406. The highest BCUT2D eigenvalue weighted by atomic mass is 16.6. The van der Waals surface area contributed by atoms with Crippen LogP contribution >= 0.6 is 0 Å². The molecule has 2 aliphatic rings. The molecule has 0 N–H and O–H groups in total. The number of benzene rings is 1. The van der Waals surface area contributed by atoms with Crippen LogP contribution in [-0.2, 0) is 20.9 Å². The monoisotopic (exact) mass is 233 g/mol. The van der Waals surface area contributed by atoms with E-state index in [1.807, 2.05) is 30.3 Å². The van der Waals surface area contributed by atoms with E-state index in [1.165, 1.54) is 0 Å². The minimum absolute atomic E-state index is 0.0211. The van der Waals surface area contributed by atoms with E-state index in [1.54, 1.807) is 4.90 Å². The Morgan fingerprint density at radius 2 is 2.18 bits per heavy atom. The van der Waals surface area contributed by atoms with Gasteiger partial charge in [0.2, 0.25) is 5.91 Å². The van der Waals surface area contributed by atoms with Gasteiger partial charge in [-0.2, -0.15) is 0 Å². The van der Waals surface area contributed by atoms with Gasteiger partial charge in [-0.25, -0.2) is 0 Å². The Morgan fingerprint density at radius 1 is 1.35 bits per heavy atom. The van der Waals surface area contributed by atoms with Gasteiger partial charge in [0.1, 0.15) is 12.3 Å². The van der Waals surface area contributed by atoms with Gasteiger partial charge in [0.05, 0.1) is 26.2 Å². The van der Waals surface area contributed by atoms with Crippen LogP contribution in [0.15, 0.2) is 30.3 Å². The van der Waals surface area contributed by atoms with Crippen LogP contribution in [0, 0.1) is 0 Å². The van der Waals surface area contributed by atoms with Crippen LogP contribution in [-0.4, -0.2) is 36.3 Å². The summed E-state index contributed by atoms with van der Waals surface area (Å²) in [4.78, 5) is 12.9. The SMILES string of the molecule is O=C1CC2OC(COCc3ccccc3)CN12. The lowest BCUT2D eigenvalue weighted by atomic mass is 10.2. The number of carbonyl (C=O) groups is 1. The molecule has 0 saturated carbocycles. The second kappa shape index (κ2) is 4.47. The van der Waals surface area contributed by atoms with Crippen molar-refractivity contribution in [2.75, 3.05) is 13.2 Å². The van der Waals surface area contributed by atoms with Crippen molar-refractivity contribution in [2.45, 2.75) is 25.4 Å². The number of hydrogen-bond acceptors (Lipinski definition) is 3. The minimum atomic E-state index is 0.0211. The van der Waals surface area contributed by atoms with Crippen LogP contribution in [0.3, 0.4) is 0 Å². The Hall–Kier alpha value is -1.39. The molecule has 17 heavy (non-hydrogen) atoms. The second-order valence-electron chi connectivity index (χ2n) is 4.46. The number of carbonyl (C=O) groups excluding carboxylic acids is 1. The van der Waals surface area contributed by atoms with E-state index < -0.39 is 0 Å². The topological polar surface area (TPSA) is 38.8 Å². The summed E-state index contributed by atoms with van der Waals surface area (Å²) in [6.45, 7) is 1.83. The third kappa shape index (κ3) is 2.18. The van der Waals surface area contributed by atoms with Gasteiger partial charge in [-0.3, -0.25) is 4.79 Å². The molecule has 0 radical (unpaired) electrons. The fourth-order valence-electron chi connectivity index (χ4n) is 2.22. The van der Waals surface area contributed by atoms with E-state index in [2.05, 4.69) is 0 Å². The molecule has 0 spiro atoms. The first-order chi connectivity index (χ1) is 8.33. The van der Waals surface area contributed by atoms with Gasteiger partial charge >= 0.3 is 0 Å². The zero-order valence-electron chi connectivity index (χ0n) is 9.54. The van der Waals surface area contributed by atoms with Crippen LogP contribution in [0.1, 0.15) is 12.0 Å².